The fourth-order valence-corrected chi connectivity index (χ4v) is 2.48. The highest BCUT2D eigenvalue weighted by atomic mass is 79.9. The monoisotopic (exact) mass is 355 g/mol. The number of hydrazine groups is 1. The Kier molecular flexibility index (Phi) is 5.17. The third-order valence-corrected chi connectivity index (χ3v) is 3.48. The Balaban J connectivity index is 2.29. The minimum atomic E-state index is 0.580. The lowest BCUT2D eigenvalue weighted by atomic mass is 10.3. The van der Waals surface area contributed by atoms with E-state index in [1.54, 1.807) is 6.07 Å². The first kappa shape index (κ1) is 15.0. The molecule has 0 atom stereocenters. The van der Waals surface area contributed by atoms with Gasteiger partial charge in [-0.3, -0.25) is 0 Å². The third-order valence-electron chi connectivity index (χ3n) is 2.59. The van der Waals surface area contributed by atoms with E-state index in [0.717, 1.165) is 28.8 Å². The highest BCUT2D eigenvalue weighted by Crippen LogP contribution is 2.28. The van der Waals surface area contributed by atoms with Crippen molar-refractivity contribution in [2.24, 2.45) is 5.84 Å². The number of halogens is 2. The Bertz CT molecular complexity index is 605. The minimum absolute atomic E-state index is 0.580. The maximum absolute atomic E-state index is 5.92. The number of aromatic nitrogens is 2. The number of aryl methyl sites for hydroxylation is 1. The van der Waals surface area contributed by atoms with Gasteiger partial charge in [-0.05, 0) is 40.5 Å². The number of nitrogen functional groups attached to an aromatic ring is 1. The Morgan fingerprint density at radius 1 is 1.25 bits per heavy atom. The van der Waals surface area contributed by atoms with Crippen LogP contribution in [-0.4, -0.2) is 9.97 Å². The van der Waals surface area contributed by atoms with E-state index in [-0.39, 0.29) is 0 Å². The molecular weight excluding hydrogens is 342 g/mol. The van der Waals surface area contributed by atoms with Crippen LogP contribution >= 0.6 is 27.5 Å². The average Bonchev–Trinajstić information content (AvgIpc) is 2.42. The van der Waals surface area contributed by atoms with E-state index in [4.69, 9.17) is 17.4 Å². The summed E-state index contributed by atoms with van der Waals surface area (Å²) in [6.07, 6.45) is 1.77. The zero-order chi connectivity index (χ0) is 14.5. The zero-order valence-electron chi connectivity index (χ0n) is 11.0. The second-order valence-electron chi connectivity index (χ2n) is 4.20. The summed E-state index contributed by atoms with van der Waals surface area (Å²) in [7, 11) is 0. The van der Waals surface area contributed by atoms with E-state index in [1.807, 2.05) is 18.2 Å². The van der Waals surface area contributed by atoms with Crippen LogP contribution in [0.5, 0.6) is 0 Å². The molecule has 0 aliphatic rings. The number of nitrogens with one attached hydrogen (secondary N) is 2. The van der Waals surface area contributed by atoms with Crippen LogP contribution < -0.4 is 16.6 Å². The molecule has 7 heteroatoms. The maximum Gasteiger partial charge on any atom is 0.145 e. The van der Waals surface area contributed by atoms with Gasteiger partial charge in [-0.25, -0.2) is 15.8 Å². The van der Waals surface area contributed by atoms with Crippen molar-refractivity contribution in [3.05, 3.63) is 39.6 Å². The van der Waals surface area contributed by atoms with Gasteiger partial charge in [0.15, 0.2) is 0 Å². The van der Waals surface area contributed by atoms with Crippen molar-refractivity contribution < 1.29 is 0 Å². The number of rotatable bonds is 5. The molecule has 0 fully saturated rings. The number of hydrogen-bond donors (Lipinski definition) is 3. The largest absolute Gasteiger partial charge is 0.339 e. The van der Waals surface area contributed by atoms with Crippen molar-refractivity contribution in [3.8, 4) is 0 Å². The molecule has 0 saturated carbocycles. The molecule has 1 heterocycles. The summed E-state index contributed by atoms with van der Waals surface area (Å²) in [6, 6.07) is 7.26. The molecule has 106 valence electrons. The van der Waals surface area contributed by atoms with Crippen LogP contribution in [0.25, 0.3) is 0 Å². The van der Waals surface area contributed by atoms with E-state index in [0.29, 0.717) is 16.7 Å². The van der Waals surface area contributed by atoms with Gasteiger partial charge in [-0.1, -0.05) is 18.5 Å². The number of nitrogens with zero attached hydrogens (tertiary/aromatic N) is 2. The van der Waals surface area contributed by atoms with Crippen LogP contribution in [-0.2, 0) is 6.42 Å². The molecule has 0 bridgehead atoms. The molecule has 0 unspecified atom stereocenters. The average molecular weight is 357 g/mol. The molecule has 0 radical (unpaired) electrons. The van der Waals surface area contributed by atoms with E-state index in [1.165, 1.54) is 0 Å². The Labute approximate surface area is 131 Å². The second kappa shape index (κ2) is 6.88. The van der Waals surface area contributed by atoms with Crippen LogP contribution in [0.2, 0.25) is 5.02 Å². The molecule has 0 saturated heterocycles. The van der Waals surface area contributed by atoms with E-state index in [9.17, 15) is 0 Å². The first-order valence-electron chi connectivity index (χ1n) is 6.19. The summed E-state index contributed by atoms with van der Waals surface area (Å²) in [5, 5.41) is 3.89. The van der Waals surface area contributed by atoms with E-state index < -0.39 is 0 Å². The fourth-order valence-electron chi connectivity index (χ4n) is 1.70. The molecule has 0 aliphatic carbocycles. The summed E-state index contributed by atoms with van der Waals surface area (Å²) in [5.74, 6) is 7.44. The van der Waals surface area contributed by atoms with Crippen LogP contribution in [0.15, 0.2) is 28.7 Å². The second-order valence-corrected chi connectivity index (χ2v) is 5.49. The van der Waals surface area contributed by atoms with Crippen molar-refractivity contribution in [1.82, 2.24) is 9.97 Å². The van der Waals surface area contributed by atoms with Crippen molar-refractivity contribution in [1.29, 1.82) is 0 Å². The molecule has 0 amide bonds. The van der Waals surface area contributed by atoms with Crippen molar-refractivity contribution in [2.45, 2.75) is 19.8 Å². The van der Waals surface area contributed by atoms with Gasteiger partial charge >= 0.3 is 0 Å². The van der Waals surface area contributed by atoms with E-state index >= 15 is 0 Å². The molecule has 5 nitrogen and oxygen atoms in total. The van der Waals surface area contributed by atoms with Gasteiger partial charge in [0.25, 0.3) is 0 Å². The summed E-state index contributed by atoms with van der Waals surface area (Å²) < 4.78 is 0.864. The summed E-state index contributed by atoms with van der Waals surface area (Å²) in [4.78, 5) is 8.76. The van der Waals surface area contributed by atoms with Crippen molar-refractivity contribution in [2.75, 3.05) is 10.7 Å². The lowest BCUT2D eigenvalue weighted by Crippen LogP contribution is -2.11. The summed E-state index contributed by atoms with van der Waals surface area (Å²) in [5.41, 5.74) is 3.43. The molecule has 2 rings (SSSR count). The van der Waals surface area contributed by atoms with Gasteiger partial charge in [-0.15, -0.1) is 0 Å². The summed E-state index contributed by atoms with van der Waals surface area (Å²) >= 11 is 9.38. The smallest absolute Gasteiger partial charge is 0.145 e. The predicted octanol–water partition coefficient (Wildman–Crippen LogP) is 3.87. The molecule has 20 heavy (non-hydrogen) atoms. The fraction of sp³-hybridized carbons (Fsp3) is 0.231. The Hall–Kier alpha value is -1.37. The standard InChI is InChI=1S/C13H15BrClN5/c1-2-3-11-18-12(7-13(19-11)20-16)17-10-5-4-8(15)6-9(10)14/h4-7H,2-3,16H2,1H3,(H2,17,18,19,20). The molecule has 1 aromatic carbocycles. The quantitative estimate of drug-likeness (QED) is 0.560. The maximum atomic E-state index is 5.92. The van der Waals surface area contributed by atoms with Gasteiger partial charge in [0, 0.05) is 22.0 Å². The molecular formula is C13H15BrClN5. The SMILES string of the molecule is CCCc1nc(NN)cc(Nc2ccc(Cl)cc2Br)n1. The highest BCUT2D eigenvalue weighted by molar-refractivity contribution is 9.10. The zero-order valence-corrected chi connectivity index (χ0v) is 13.3. The predicted molar refractivity (Wildman–Crippen MR) is 86.3 cm³/mol. The first-order valence-corrected chi connectivity index (χ1v) is 7.36. The number of hydrogen-bond acceptors (Lipinski definition) is 5. The highest BCUT2D eigenvalue weighted by Gasteiger charge is 2.06. The van der Waals surface area contributed by atoms with Gasteiger partial charge in [0.2, 0.25) is 0 Å². The molecule has 4 N–H and O–H groups in total. The number of nitrogens with two attached hydrogens (primary N) is 1. The normalized spacial score (nSPS) is 10.4. The Morgan fingerprint density at radius 3 is 2.65 bits per heavy atom. The van der Waals surface area contributed by atoms with Crippen LogP contribution in [0.1, 0.15) is 19.2 Å². The topological polar surface area (TPSA) is 75.9 Å². The van der Waals surface area contributed by atoms with Crippen LogP contribution in [0, 0.1) is 0 Å². The molecule has 2 aromatic rings. The van der Waals surface area contributed by atoms with Gasteiger partial charge < -0.3 is 10.7 Å². The number of anilines is 3. The van der Waals surface area contributed by atoms with Crippen molar-refractivity contribution in [3.63, 3.8) is 0 Å². The van der Waals surface area contributed by atoms with Crippen LogP contribution in [0.3, 0.4) is 0 Å². The third kappa shape index (κ3) is 3.82. The minimum Gasteiger partial charge on any atom is -0.339 e. The van der Waals surface area contributed by atoms with Gasteiger partial charge in [0.1, 0.15) is 17.5 Å². The van der Waals surface area contributed by atoms with Crippen LogP contribution in [0.4, 0.5) is 17.3 Å². The Morgan fingerprint density at radius 2 is 2.00 bits per heavy atom. The van der Waals surface area contributed by atoms with Crippen molar-refractivity contribution >= 4 is 44.9 Å². The molecule has 1 aromatic heterocycles. The lowest BCUT2D eigenvalue weighted by molar-refractivity contribution is 0.837. The molecule has 0 spiro atoms. The number of benzene rings is 1. The molecule has 0 aliphatic heterocycles. The summed E-state index contributed by atoms with van der Waals surface area (Å²) in [6.45, 7) is 2.08. The lowest BCUT2D eigenvalue weighted by Gasteiger charge is -2.11. The first-order chi connectivity index (χ1) is 9.62. The van der Waals surface area contributed by atoms with Gasteiger partial charge in [0.05, 0.1) is 5.69 Å². The van der Waals surface area contributed by atoms with E-state index in [2.05, 4.69) is 43.6 Å². The van der Waals surface area contributed by atoms with Gasteiger partial charge in [-0.2, -0.15) is 0 Å².